The van der Waals surface area contributed by atoms with Gasteiger partial charge in [0.2, 0.25) is 11.8 Å². The van der Waals surface area contributed by atoms with Crippen LogP contribution in [0.15, 0.2) is 54.6 Å². The molecule has 3 saturated heterocycles. The van der Waals surface area contributed by atoms with Gasteiger partial charge in [0, 0.05) is 31.0 Å². The molecule has 5 aliphatic rings. The average molecular weight is 868 g/mol. The molecule has 3 aromatic carbocycles. The molecule has 0 saturated carbocycles. The first-order valence-electron chi connectivity index (χ1n) is 22.6. The van der Waals surface area contributed by atoms with Gasteiger partial charge in [-0.3, -0.25) is 29.4 Å². The van der Waals surface area contributed by atoms with Crippen molar-refractivity contribution in [1.82, 2.24) is 20.0 Å². The van der Waals surface area contributed by atoms with Crippen molar-refractivity contribution in [1.29, 1.82) is 0 Å². The fourth-order valence-electron chi connectivity index (χ4n) is 10.4. The number of hydrogen-bond donors (Lipinski definition) is 1. The number of benzene rings is 3. The molecule has 3 fully saturated rings. The Balaban J connectivity index is 0.776. The molecule has 332 valence electrons. The Kier molecular flexibility index (Phi) is 13.4. The molecule has 62 heavy (non-hydrogen) atoms. The number of hydrogen-bond acceptors (Lipinski definition) is 11. The largest absolute Gasteiger partial charge is 0.493 e. The van der Waals surface area contributed by atoms with Gasteiger partial charge >= 0.3 is 0 Å². The lowest BCUT2D eigenvalue weighted by Crippen LogP contribution is -2.52. The van der Waals surface area contributed by atoms with E-state index in [2.05, 4.69) is 38.2 Å². The Hall–Kier alpha value is -4.79. The third-order valence-electron chi connectivity index (χ3n) is 13.8. The monoisotopic (exact) mass is 867 g/mol. The van der Waals surface area contributed by atoms with E-state index in [0.717, 1.165) is 101 Å². The van der Waals surface area contributed by atoms with E-state index in [1.807, 2.05) is 19.1 Å². The fraction of sp³-hybridized carbons (Fsp3) is 0.542. The maximum absolute atomic E-state index is 13.9. The number of unbranched alkanes of at least 4 members (excludes halogenated alkanes) is 2. The Bertz CT molecular complexity index is 2280. The minimum Gasteiger partial charge on any atom is -0.493 e. The van der Waals surface area contributed by atoms with Crippen LogP contribution in [-0.2, 0) is 32.3 Å². The zero-order chi connectivity index (χ0) is 43.5. The summed E-state index contributed by atoms with van der Waals surface area (Å²) in [5.41, 5.74) is 5.94. The molecule has 0 aliphatic carbocycles. The normalized spacial score (nSPS) is 21.0. The predicted octanol–water partition coefficient (Wildman–Crippen LogP) is 5.70. The number of carbonyl (C=O) groups is 4. The first-order valence-corrected chi connectivity index (χ1v) is 24.7. The zero-order valence-corrected chi connectivity index (χ0v) is 37.2. The zero-order valence-electron chi connectivity index (χ0n) is 36.4. The molecule has 1 N–H and O–H groups in total. The summed E-state index contributed by atoms with van der Waals surface area (Å²) in [5, 5.41) is 2.54. The number of sulfone groups is 1. The minimum atomic E-state index is -3.58. The number of nitrogens with one attached hydrogen (secondary N) is 1. The van der Waals surface area contributed by atoms with E-state index in [9.17, 15) is 27.6 Å². The van der Waals surface area contributed by atoms with E-state index in [4.69, 9.17) is 9.47 Å². The van der Waals surface area contributed by atoms with Crippen LogP contribution in [0.1, 0.15) is 120 Å². The van der Waals surface area contributed by atoms with E-state index in [1.54, 1.807) is 24.3 Å². The number of nitrogens with zero attached hydrogens (tertiary/aromatic N) is 4. The quantitative estimate of drug-likeness (QED) is 0.140. The van der Waals surface area contributed by atoms with Gasteiger partial charge in [-0.1, -0.05) is 30.7 Å². The number of amides is 4. The van der Waals surface area contributed by atoms with Crippen molar-refractivity contribution >= 4 is 39.2 Å². The number of piperidine rings is 3. The Morgan fingerprint density at radius 1 is 0.790 bits per heavy atom. The number of fused-ring (bicyclic) bond motifs is 2. The molecule has 3 aromatic rings. The second kappa shape index (κ2) is 18.9. The van der Waals surface area contributed by atoms with Crippen molar-refractivity contribution in [3.05, 3.63) is 88.0 Å². The molecule has 2 unspecified atom stereocenters. The van der Waals surface area contributed by atoms with E-state index in [0.29, 0.717) is 59.6 Å². The fourth-order valence-corrected chi connectivity index (χ4v) is 11.4. The lowest BCUT2D eigenvalue weighted by atomic mass is 9.87. The van der Waals surface area contributed by atoms with Crippen molar-refractivity contribution in [2.24, 2.45) is 0 Å². The van der Waals surface area contributed by atoms with E-state index in [-0.39, 0.29) is 17.9 Å². The molecule has 5 heterocycles. The molecule has 5 aliphatic heterocycles. The van der Waals surface area contributed by atoms with Gasteiger partial charge in [-0.2, -0.15) is 0 Å². The van der Waals surface area contributed by atoms with E-state index >= 15 is 0 Å². The maximum Gasteiger partial charge on any atom is 0.262 e. The van der Waals surface area contributed by atoms with Gasteiger partial charge in [-0.25, -0.2) is 8.42 Å². The number of carbonyl (C=O) groups excluding carboxylic acids is 4. The second-order valence-corrected chi connectivity index (χ2v) is 20.0. The lowest BCUT2D eigenvalue weighted by Gasteiger charge is -2.42. The molecular formula is C48H61N5O8S. The second-order valence-electron chi connectivity index (χ2n) is 17.8. The number of methoxy groups -OCH3 is 1. The summed E-state index contributed by atoms with van der Waals surface area (Å²) in [6.07, 6.45) is 11.6. The molecule has 14 heteroatoms. The molecule has 0 spiro atoms. The highest BCUT2D eigenvalue weighted by Gasteiger charge is 2.42. The number of rotatable bonds is 16. The molecular weight excluding hydrogens is 807 g/mol. The van der Waals surface area contributed by atoms with E-state index in [1.165, 1.54) is 36.8 Å². The van der Waals surface area contributed by atoms with Gasteiger partial charge in [0.05, 0.1) is 36.6 Å². The number of anilines is 1. The summed E-state index contributed by atoms with van der Waals surface area (Å²) in [6.45, 7) is 8.56. The van der Waals surface area contributed by atoms with Crippen molar-refractivity contribution < 1.29 is 37.1 Å². The molecule has 4 amide bonds. The first-order chi connectivity index (χ1) is 29.9. The summed E-state index contributed by atoms with van der Waals surface area (Å²) >= 11 is 0. The molecule has 2 atom stereocenters. The summed E-state index contributed by atoms with van der Waals surface area (Å²) < 4.78 is 36.3. The summed E-state index contributed by atoms with van der Waals surface area (Å²) in [5.74, 6) is -0.309. The molecule has 0 aromatic heterocycles. The van der Waals surface area contributed by atoms with Crippen LogP contribution in [0.4, 0.5) is 5.69 Å². The van der Waals surface area contributed by atoms with Crippen LogP contribution in [0.25, 0.3) is 0 Å². The average Bonchev–Trinajstić information content (AvgIpc) is 3.79. The number of ether oxygens (including phenoxy) is 2. The molecule has 0 radical (unpaired) electrons. The number of imide groups is 2. The third kappa shape index (κ3) is 9.57. The van der Waals surface area contributed by atoms with Crippen molar-refractivity contribution in [3.8, 4) is 11.5 Å². The van der Waals surface area contributed by atoms with Gasteiger partial charge in [0.15, 0.2) is 11.5 Å². The first kappa shape index (κ1) is 43.8. The summed E-state index contributed by atoms with van der Waals surface area (Å²) in [7, 11) is -2.07. The van der Waals surface area contributed by atoms with Crippen LogP contribution in [-0.4, -0.2) is 124 Å². The minimum absolute atomic E-state index is 0.163. The highest BCUT2D eigenvalue weighted by molar-refractivity contribution is 7.90. The Morgan fingerprint density at radius 3 is 2.29 bits per heavy atom. The van der Waals surface area contributed by atoms with Gasteiger partial charge in [-0.05, 0) is 156 Å². The highest BCUT2D eigenvalue weighted by atomic mass is 32.2. The maximum atomic E-state index is 13.9. The van der Waals surface area contributed by atoms with E-state index < -0.39 is 33.4 Å². The molecule has 8 rings (SSSR count). The lowest BCUT2D eigenvalue weighted by molar-refractivity contribution is -0.134. The van der Waals surface area contributed by atoms with Crippen LogP contribution in [0, 0.1) is 0 Å². The van der Waals surface area contributed by atoms with Crippen molar-refractivity contribution in [2.75, 3.05) is 69.9 Å². The van der Waals surface area contributed by atoms with Gasteiger partial charge in [0.1, 0.15) is 15.9 Å². The van der Waals surface area contributed by atoms with Gasteiger partial charge in [-0.15, -0.1) is 0 Å². The van der Waals surface area contributed by atoms with Crippen molar-refractivity contribution in [3.63, 3.8) is 0 Å². The van der Waals surface area contributed by atoms with Gasteiger partial charge in [0.25, 0.3) is 11.8 Å². The highest BCUT2D eigenvalue weighted by Crippen LogP contribution is 2.39. The molecule has 13 nitrogen and oxygen atoms in total. The Labute approximate surface area is 366 Å². The number of likely N-dealkylation sites (tertiary alicyclic amines) is 2. The molecule has 0 bridgehead atoms. The summed E-state index contributed by atoms with van der Waals surface area (Å²) in [4.78, 5) is 60.6. The SMILES string of the molecule is CCOc1cc(C(CS(C)(=O)=O)N2C(=O)c3ccc(CCCCCN4CCC(N5CCC(c6ccc7c(c6)N(C6CCC(=O)NC6=O)CC7)CC5)CC4)cc3C2=O)ccc1OC. The predicted molar refractivity (Wildman–Crippen MR) is 238 cm³/mol. The van der Waals surface area contributed by atoms with Crippen LogP contribution in [0.3, 0.4) is 0 Å². The summed E-state index contributed by atoms with van der Waals surface area (Å²) in [6, 6.07) is 16.7. The topological polar surface area (TPSA) is 146 Å². The third-order valence-corrected chi connectivity index (χ3v) is 14.7. The smallest absolute Gasteiger partial charge is 0.262 e. The standard InChI is InChI=1S/C48H61N5O8S/c1-4-61-44-30-36(12-15-43(44)60-2)42(31-62(3,58)59)53-47(56)38-13-9-32(28-39(38)48(53)57)8-6-5-7-22-50-23-20-37(21-24-50)51-25-17-33(18-26-51)35-11-10-34-19-27-52(41(34)29-35)40-14-16-45(54)49-46(40)55/h9-13,15,28-30,33,37,40,42H,4-8,14,16-27,31H2,1-3H3,(H,49,54,55). The Morgan fingerprint density at radius 2 is 1.56 bits per heavy atom. The van der Waals surface area contributed by atoms with Crippen LogP contribution in [0.5, 0.6) is 11.5 Å². The number of aryl methyl sites for hydroxylation is 1. The van der Waals surface area contributed by atoms with Crippen LogP contribution >= 0.6 is 0 Å². The van der Waals surface area contributed by atoms with Crippen LogP contribution in [0.2, 0.25) is 0 Å². The van der Waals surface area contributed by atoms with Gasteiger partial charge < -0.3 is 24.2 Å². The van der Waals surface area contributed by atoms with Crippen LogP contribution < -0.4 is 19.7 Å². The van der Waals surface area contributed by atoms with Crippen molar-refractivity contribution in [2.45, 2.75) is 102 Å².